The third-order valence-corrected chi connectivity index (χ3v) is 4.95. The first-order chi connectivity index (χ1) is 9.48. The van der Waals surface area contributed by atoms with Crippen molar-refractivity contribution in [2.45, 2.75) is 30.6 Å². The predicted octanol–water partition coefficient (Wildman–Crippen LogP) is 2.54. The van der Waals surface area contributed by atoms with Gasteiger partial charge in [-0.3, -0.25) is 0 Å². The van der Waals surface area contributed by atoms with E-state index < -0.39 is 10.0 Å². The van der Waals surface area contributed by atoms with Gasteiger partial charge in [0.05, 0.1) is 0 Å². The van der Waals surface area contributed by atoms with Gasteiger partial charge in [0.2, 0.25) is 10.0 Å². The van der Waals surface area contributed by atoms with E-state index in [1.165, 1.54) is 24.6 Å². The average Bonchev–Trinajstić information content (AvgIpc) is 2.43. The topological polar surface area (TPSA) is 62.3 Å². The lowest BCUT2D eigenvalue weighted by molar-refractivity contribution is 0.520. The minimum atomic E-state index is -3.40. The Labute approximate surface area is 126 Å². The molecule has 5 nitrogen and oxygen atoms in total. The quantitative estimate of drug-likeness (QED) is 0.561. The molecule has 1 aromatic rings. The number of hydrogen-bond acceptors (Lipinski definition) is 4. The minimum absolute atomic E-state index is 0.204. The average molecular weight is 320 g/mol. The Hall–Kier alpha value is -0.850. The van der Waals surface area contributed by atoms with Crippen LogP contribution in [0.4, 0.5) is 5.82 Å². The summed E-state index contributed by atoms with van der Waals surface area (Å²) >= 11 is 5.61. The zero-order valence-electron chi connectivity index (χ0n) is 12.0. The van der Waals surface area contributed by atoms with Crippen LogP contribution in [0.2, 0.25) is 0 Å². The molecule has 1 aromatic heterocycles. The van der Waals surface area contributed by atoms with Gasteiger partial charge >= 0.3 is 0 Å². The number of nitrogens with zero attached hydrogens (tertiary/aromatic N) is 2. The molecule has 0 aliphatic rings. The van der Waals surface area contributed by atoms with Gasteiger partial charge in [0, 0.05) is 32.7 Å². The summed E-state index contributed by atoms with van der Waals surface area (Å²) in [4.78, 5) is 4.33. The first-order valence-electron chi connectivity index (χ1n) is 6.67. The molecular weight excluding hydrogens is 298 g/mol. The minimum Gasteiger partial charge on any atom is -0.370 e. The summed E-state index contributed by atoms with van der Waals surface area (Å²) in [6, 6.07) is 3.26. The van der Waals surface area contributed by atoms with Crippen LogP contribution in [0.1, 0.15) is 25.7 Å². The van der Waals surface area contributed by atoms with E-state index in [4.69, 9.17) is 11.6 Å². The van der Waals surface area contributed by atoms with Crippen LogP contribution in [0.5, 0.6) is 0 Å². The van der Waals surface area contributed by atoms with Crippen molar-refractivity contribution in [1.29, 1.82) is 0 Å². The summed E-state index contributed by atoms with van der Waals surface area (Å²) in [6.45, 7) is 0.828. The van der Waals surface area contributed by atoms with Crippen molar-refractivity contribution >= 4 is 27.4 Å². The van der Waals surface area contributed by atoms with Gasteiger partial charge in [-0.2, -0.15) is 0 Å². The van der Waals surface area contributed by atoms with Gasteiger partial charge in [0.25, 0.3) is 0 Å². The van der Waals surface area contributed by atoms with E-state index in [2.05, 4.69) is 10.3 Å². The number of anilines is 1. The first-order valence-corrected chi connectivity index (χ1v) is 8.64. The van der Waals surface area contributed by atoms with E-state index in [0.29, 0.717) is 5.82 Å². The summed E-state index contributed by atoms with van der Waals surface area (Å²) in [6.07, 6.45) is 5.75. The molecule has 0 radical (unpaired) electrons. The Balaban J connectivity index is 2.44. The summed E-state index contributed by atoms with van der Waals surface area (Å²) in [7, 11) is -0.394. The van der Waals surface area contributed by atoms with Crippen LogP contribution in [-0.2, 0) is 10.0 Å². The van der Waals surface area contributed by atoms with Gasteiger partial charge in [-0.1, -0.05) is 12.8 Å². The standard InChI is InChI=1S/C13H22ClN3O2S/c1-17(2)20(18,19)12-7-8-13(16-11-12)15-10-6-4-3-5-9-14/h7-8,11H,3-6,9-10H2,1-2H3,(H,15,16). The lowest BCUT2D eigenvalue weighted by Gasteiger charge is -2.11. The molecule has 1 heterocycles. The normalized spacial score (nSPS) is 11.8. The van der Waals surface area contributed by atoms with Crippen LogP contribution in [0, 0.1) is 0 Å². The number of aromatic nitrogens is 1. The fraction of sp³-hybridized carbons (Fsp3) is 0.615. The highest BCUT2D eigenvalue weighted by Crippen LogP contribution is 2.14. The molecule has 0 unspecified atom stereocenters. The Morgan fingerprint density at radius 1 is 1.20 bits per heavy atom. The fourth-order valence-electron chi connectivity index (χ4n) is 1.64. The summed E-state index contributed by atoms with van der Waals surface area (Å²) in [5.74, 6) is 1.41. The van der Waals surface area contributed by atoms with Gasteiger partial charge in [-0.05, 0) is 25.0 Å². The van der Waals surface area contributed by atoms with Crippen LogP contribution in [0.25, 0.3) is 0 Å². The third kappa shape index (κ3) is 5.26. The molecule has 0 bridgehead atoms. The van der Waals surface area contributed by atoms with Crippen LogP contribution < -0.4 is 5.32 Å². The highest BCUT2D eigenvalue weighted by molar-refractivity contribution is 7.89. The number of alkyl halides is 1. The molecule has 0 aliphatic heterocycles. The SMILES string of the molecule is CN(C)S(=O)(=O)c1ccc(NCCCCCCCl)nc1. The van der Waals surface area contributed by atoms with Crippen LogP contribution in [-0.4, -0.2) is 44.2 Å². The second-order valence-corrected chi connectivity index (χ2v) is 7.23. The molecule has 0 saturated heterocycles. The van der Waals surface area contributed by atoms with Gasteiger partial charge in [0.1, 0.15) is 10.7 Å². The van der Waals surface area contributed by atoms with E-state index in [0.717, 1.165) is 38.1 Å². The fourth-order valence-corrected chi connectivity index (χ4v) is 2.67. The summed E-state index contributed by atoms with van der Waals surface area (Å²) in [5.41, 5.74) is 0. The molecule has 7 heteroatoms. The van der Waals surface area contributed by atoms with Crippen molar-refractivity contribution in [3.8, 4) is 0 Å². The Morgan fingerprint density at radius 3 is 2.45 bits per heavy atom. The summed E-state index contributed by atoms with van der Waals surface area (Å²) < 4.78 is 24.9. The van der Waals surface area contributed by atoms with Crippen LogP contribution in [0.3, 0.4) is 0 Å². The number of unbranched alkanes of at least 4 members (excludes halogenated alkanes) is 3. The Morgan fingerprint density at radius 2 is 1.90 bits per heavy atom. The van der Waals surface area contributed by atoms with E-state index in [1.807, 2.05) is 0 Å². The third-order valence-electron chi connectivity index (χ3n) is 2.88. The second kappa shape index (κ2) is 8.44. The van der Waals surface area contributed by atoms with Gasteiger partial charge in [-0.25, -0.2) is 17.7 Å². The van der Waals surface area contributed by atoms with Gasteiger partial charge < -0.3 is 5.32 Å². The van der Waals surface area contributed by atoms with Crippen molar-refractivity contribution in [3.05, 3.63) is 18.3 Å². The zero-order chi connectivity index (χ0) is 15.0. The summed E-state index contributed by atoms with van der Waals surface area (Å²) in [5, 5.41) is 3.18. The van der Waals surface area contributed by atoms with Crippen molar-refractivity contribution in [3.63, 3.8) is 0 Å². The monoisotopic (exact) mass is 319 g/mol. The molecule has 0 aliphatic carbocycles. The zero-order valence-corrected chi connectivity index (χ0v) is 13.5. The van der Waals surface area contributed by atoms with Crippen molar-refractivity contribution in [1.82, 2.24) is 9.29 Å². The number of pyridine rings is 1. The molecule has 0 atom stereocenters. The molecule has 0 saturated carbocycles. The van der Waals surface area contributed by atoms with Gasteiger partial charge in [-0.15, -0.1) is 11.6 Å². The van der Waals surface area contributed by atoms with E-state index in [1.54, 1.807) is 12.1 Å². The van der Waals surface area contributed by atoms with Crippen LogP contribution >= 0.6 is 11.6 Å². The van der Waals surface area contributed by atoms with Crippen LogP contribution in [0.15, 0.2) is 23.2 Å². The Kier molecular flexibility index (Phi) is 7.26. The molecule has 0 aromatic carbocycles. The number of sulfonamides is 1. The van der Waals surface area contributed by atoms with E-state index in [9.17, 15) is 8.42 Å². The predicted molar refractivity (Wildman–Crippen MR) is 82.8 cm³/mol. The molecule has 1 N–H and O–H groups in total. The lowest BCUT2D eigenvalue weighted by Crippen LogP contribution is -2.22. The maximum Gasteiger partial charge on any atom is 0.244 e. The molecular formula is C13H22ClN3O2S. The second-order valence-electron chi connectivity index (χ2n) is 4.70. The van der Waals surface area contributed by atoms with Gasteiger partial charge in [0.15, 0.2) is 0 Å². The lowest BCUT2D eigenvalue weighted by atomic mass is 10.2. The highest BCUT2D eigenvalue weighted by Gasteiger charge is 2.17. The van der Waals surface area contributed by atoms with Crippen molar-refractivity contribution < 1.29 is 8.42 Å². The number of nitrogens with one attached hydrogen (secondary N) is 1. The largest absolute Gasteiger partial charge is 0.370 e. The maximum atomic E-state index is 11.9. The first kappa shape index (κ1) is 17.2. The molecule has 0 amide bonds. The number of halogens is 1. The molecule has 20 heavy (non-hydrogen) atoms. The van der Waals surface area contributed by atoms with E-state index in [-0.39, 0.29) is 4.90 Å². The van der Waals surface area contributed by atoms with Crippen molar-refractivity contribution in [2.75, 3.05) is 31.8 Å². The highest BCUT2D eigenvalue weighted by atomic mass is 35.5. The number of rotatable bonds is 9. The molecule has 1 rings (SSSR count). The Bertz CT molecular complexity index is 489. The molecule has 0 fully saturated rings. The maximum absolute atomic E-state index is 11.9. The molecule has 0 spiro atoms. The number of hydrogen-bond donors (Lipinski definition) is 1. The van der Waals surface area contributed by atoms with E-state index >= 15 is 0 Å². The smallest absolute Gasteiger partial charge is 0.244 e. The molecule has 114 valence electrons. The van der Waals surface area contributed by atoms with Crippen molar-refractivity contribution in [2.24, 2.45) is 0 Å².